The van der Waals surface area contributed by atoms with Crippen LogP contribution in [0.25, 0.3) is 11.3 Å². The fourth-order valence-corrected chi connectivity index (χ4v) is 4.63. The summed E-state index contributed by atoms with van der Waals surface area (Å²) >= 11 is 1.48. The van der Waals surface area contributed by atoms with Gasteiger partial charge in [-0.25, -0.2) is 19.5 Å². The third-order valence-corrected chi connectivity index (χ3v) is 6.76. The molecule has 4 amide bonds. The van der Waals surface area contributed by atoms with E-state index >= 15 is 0 Å². The monoisotopic (exact) mass is 564 g/mol. The largest absolute Gasteiger partial charge is 0.334 e. The molecule has 0 fully saturated rings. The minimum Gasteiger partial charge on any atom is -0.331 e. The molecule has 0 saturated carbocycles. The first-order chi connectivity index (χ1) is 20.0. The number of urea groups is 2. The summed E-state index contributed by atoms with van der Waals surface area (Å²) in [5.74, 6) is 0. The number of benzene rings is 3. The van der Waals surface area contributed by atoms with Gasteiger partial charge in [0.05, 0.1) is 11.4 Å². The van der Waals surface area contributed by atoms with Crippen LogP contribution in [0.2, 0.25) is 0 Å². The third kappa shape index (κ3) is 7.34. The lowest BCUT2D eigenvalue weighted by molar-refractivity contribution is 0.246. The summed E-state index contributed by atoms with van der Waals surface area (Å²) in [6.45, 7) is 7.86. The molecular weight excluding hydrogens is 532 g/mol. The van der Waals surface area contributed by atoms with E-state index in [1.165, 1.54) is 11.3 Å². The van der Waals surface area contributed by atoms with Crippen molar-refractivity contribution in [1.82, 2.24) is 9.97 Å². The second-order valence-electron chi connectivity index (χ2n) is 8.78. The zero-order valence-electron chi connectivity index (χ0n) is 23.4. The second-order valence-corrected chi connectivity index (χ2v) is 9.64. The van der Waals surface area contributed by atoms with E-state index in [1.54, 1.807) is 48.8 Å². The van der Waals surface area contributed by atoms with Crippen molar-refractivity contribution in [3.63, 3.8) is 0 Å². The average molecular weight is 565 g/mol. The van der Waals surface area contributed by atoms with Gasteiger partial charge in [0, 0.05) is 40.4 Å². The van der Waals surface area contributed by atoms with Gasteiger partial charge in [0.25, 0.3) is 0 Å². The maximum atomic E-state index is 13.5. The van der Waals surface area contributed by atoms with Crippen molar-refractivity contribution in [2.24, 2.45) is 0 Å². The zero-order valence-corrected chi connectivity index (χ0v) is 24.2. The van der Waals surface area contributed by atoms with Gasteiger partial charge in [-0.2, -0.15) is 0 Å². The maximum absolute atomic E-state index is 13.5. The molecule has 9 heteroatoms. The summed E-state index contributed by atoms with van der Waals surface area (Å²) in [7, 11) is 0. The first kappa shape index (κ1) is 29.0. The number of nitrogens with zero attached hydrogens (tertiary/aromatic N) is 3. The van der Waals surface area contributed by atoms with Crippen LogP contribution in [0.1, 0.15) is 25.0 Å². The van der Waals surface area contributed by atoms with Crippen LogP contribution in [0.5, 0.6) is 0 Å². The van der Waals surface area contributed by atoms with Gasteiger partial charge >= 0.3 is 12.1 Å². The van der Waals surface area contributed by atoms with Gasteiger partial charge in [0.1, 0.15) is 0 Å². The Morgan fingerprint density at radius 1 is 0.780 bits per heavy atom. The molecule has 3 N–H and O–H groups in total. The standard InChI is InChI=1S/C30H26N6O2S.C2H6/c1-20-9-6-7-13-25(20)35-30(38)36(24-11-4-3-5-12-24)29(37)32-23-15-14-21(2)26(17-23)33-28-34-27(19-39-28)22-10-8-16-31-18-22;1-2/h3-19H,1-2H3,(H,32,37)(H,33,34)(H,35,38);1-2H3. The average Bonchev–Trinajstić information content (AvgIpc) is 3.47. The van der Waals surface area contributed by atoms with Crippen LogP contribution < -0.4 is 20.9 Å². The number of aryl methyl sites for hydroxylation is 2. The predicted octanol–water partition coefficient (Wildman–Crippen LogP) is 8.86. The lowest BCUT2D eigenvalue weighted by Gasteiger charge is -2.22. The maximum Gasteiger partial charge on any atom is 0.334 e. The summed E-state index contributed by atoms with van der Waals surface area (Å²) < 4.78 is 0. The fourth-order valence-electron chi connectivity index (χ4n) is 3.90. The van der Waals surface area contributed by atoms with Crippen LogP contribution in [-0.4, -0.2) is 22.0 Å². The highest BCUT2D eigenvalue weighted by molar-refractivity contribution is 7.14. The molecule has 0 bridgehead atoms. The molecule has 0 atom stereocenters. The number of thiazole rings is 1. The Morgan fingerprint density at radius 2 is 1.49 bits per heavy atom. The molecule has 0 saturated heterocycles. The highest BCUT2D eigenvalue weighted by Gasteiger charge is 2.24. The van der Waals surface area contributed by atoms with Crippen molar-refractivity contribution in [2.75, 3.05) is 20.9 Å². The molecule has 0 spiro atoms. The van der Waals surface area contributed by atoms with Gasteiger partial charge in [0.2, 0.25) is 0 Å². The molecule has 2 heterocycles. The molecule has 0 radical (unpaired) electrons. The molecule has 3 aromatic carbocycles. The van der Waals surface area contributed by atoms with Crippen molar-refractivity contribution in [3.8, 4) is 11.3 Å². The van der Waals surface area contributed by atoms with Crippen LogP contribution in [0.3, 0.4) is 0 Å². The Bertz CT molecular complexity index is 1610. The summed E-state index contributed by atoms with van der Waals surface area (Å²) in [6, 6.07) is 24.4. The van der Waals surface area contributed by atoms with Crippen LogP contribution in [0.15, 0.2) is 103 Å². The summed E-state index contributed by atoms with van der Waals surface area (Å²) in [4.78, 5) is 36.7. The SMILES string of the molecule is CC.Cc1ccccc1NC(=O)N(C(=O)Nc1ccc(C)c(Nc2nc(-c3cccnc3)cs2)c1)c1ccccc1. The number of para-hydroxylation sites is 2. The molecule has 0 aliphatic carbocycles. The number of carbonyl (C=O) groups excluding carboxylic acids is 2. The van der Waals surface area contributed by atoms with Gasteiger partial charge in [-0.15, -0.1) is 11.3 Å². The fraction of sp³-hybridized carbons (Fsp3) is 0.125. The normalized spacial score (nSPS) is 10.1. The van der Waals surface area contributed by atoms with Crippen molar-refractivity contribution >= 4 is 51.3 Å². The smallest absolute Gasteiger partial charge is 0.331 e. The number of hydrogen-bond donors (Lipinski definition) is 3. The van der Waals surface area contributed by atoms with Gasteiger partial charge < -0.3 is 16.0 Å². The third-order valence-electron chi connectivity index (χ3n) is 6.00. The molecule has 8 nitrogen and oxygen atoms in total. The Hall–Kier alpha value is -5.02. The number of carbonyl (C=O) groups is 2. The molecule has 0 aliphatic heterocycles. The quantitative estimate of drug-likeness (QED) is 0.191. The van der Waals surface area contributed by atoms with E-state index in [2.05, 4.69) is 25.9 Å². The number of nitrogens with one attached hydrogen (secondary N) is 3. The summed E-state index contributed by atoms with van der Waals surface area (Å²) in [5, 5.41) is 11.7. The lowest BCUT2D eigenvalue weighted by Crippen LogP contribution is -2.43. The van der Waals surface area contributed by atoms with Crippen molar-refractivity contribution in [2.45, 2.75) is 27.7 Å². The minimum absolute atomic E-state index is 0.442. The number of anilines is 5. The van der Waals surface area contributed by atoms with E-state index in [0.717, 1.165) is 33.0 Å². The highest BCUT2D eigenvalue weighted by Crippen LogP contribution is 2.30. The number of aromatic nitrogens is 2. The van der Waals surface area contributed by atoms with Gasteiger partial charge in [-0.05, 0) is 67.4 Å². The topological polar surface area (TPSA) is 99.2 Å². The summed E-state index contributed by atoms with van der Waals surface area (Å²) in [5.41, 5.74) is 6.02. The second kappa shape index (κ2) is 13.9. The Kier molecular flexibility index (Phi) is 9.80. The minimum atomic E-state index is -0.588. The first-order valence-corrected chi connectivity index (χ1v) is 14.1. The van der Waals surface area contributed by atoms with E-state index in [9.17, 15) is 9.59 Å². The van der Waals surface area contributed by atoms with Gasteiger partial charge in [-0.3, -0.25) is 4.98 Å². The number of rotatable bonds is 6. The summed E-state index contributed by atoms with van der Waals surface area (Å²) in [6.07, 6.45) is 3.50. The molecule has 2 aromatic heterocycles. The molecular formula is C32H32N6O2S. The van der Waals surface area contributed by atoms with Crippen LogP contribution in [0, 0.1) is 13.8 Å². The van der Waals surface area contributed by atoms with E-state index < -0.39 is 12.1 Å². The number of amides is 4. The van der Waals surface area contributed by atoms with Gasteiger partial charge in [0.15, 0.2) is 5.13 Å². The van der Waals surface area contributed by atoms with E-state index in [-0.39, 0.29) is 0 Å². The van der Waals surface area contributed by atoms with Gasteiger partial charge in [-0.1, -0.05) is 56.3 Å². The Morgan fingerprint density at radius 3 is 2.22 bits per heavy atom. The van der Waals surface area contributed by atoms with E-state index in [0.29, 0.717) is 22.2 Å². The van der Waals surface area contributed by atoms with E-state index in [1.807, 2.05) is 81.6 Å². The molecule has 41 heavy (non-hydrogen) atoms. The number of imide groups is 1. The van der Waals surface area contributed by atoms with Crippen LogP contribution >= 0.6 is 11.3 Å². The predicted molar refractivity (Wildman–Crippen MR) is 169 cm³/mol. The van der Waals surface area contributed by atoms with E-state index in [4.69, 9.17) is 0 Å². The molecule has 5 rings (SSSR count). The Balaban J connectivity index is 0.00000189. The number of hydrogen-bond acceptors (Lipinski definition) is 6. The Labute approximate surface area is 244 Å². The molecule has 0 aliphatic rings. The molecule has 208 valence electrons. The van der Waals surface area contributed by atoms with Crippen molar-refractivity contribution in [1.29, 1.82) is 0 Å². The van der Waals surface area contributed by atoms with Crippen molar-refractivity contribution in [3.05, 3.63) is 114 Å². The lowest BCUT2D eigenvalue weighted by atomic mass is 10.2. The van der Waals surface area contributed by atoms with Crippen molar-refractivity contribution < 1.29 is 9.59 Å². The highest BCUT2D eigenvalue weighted by atomic mass is 32.1. The van der Waals surface area contributed by atoms with Crippen LogP contribution in [0.4, 0.5) is 37.5 Å². The first-order valence-electron chi connectivity index (χ1n) is 13.2. The molecule has 5 aromatic rings. The zero-order chi connectivity index (χ0) is 29.2. The van der Waals surface area contributed by atoms with Crippen LogP contribution in [-0.2, 0) is 0 Å². The number of pyridine rings is 1. The molecule has 0 unspecified atom stereocenters.